The summed E-state index contributed by atoms with van der Waals surface area (Å²) in [6, 6.07) is 15.6. The Morgan fingerprint density at radius 1 is 1.26 bits per heavy atom. The Morgan fingerprint density at radius 2 is 2.04 bits per heavy atom. The van der Waals surface area contributed by atoms with Gasteiger partial charge in [0.05, 0.1) is 12.2 Å². The third-order valence-corrected chi connectivity index (χ3v) is 5.15. The number of guanidine groups is 1. The molecule has 6 heteroatoms. The van der Waals surface area contributed by atoms with Gasteiger partial charge in [-0.1, -0.05) is 36.4 Å². The van der Waals surface area contributed by atoms with Crippen LogP contribution < -0.4 is 10.6 Å². The fourth-order valence-electron chi connectivity index (χ4n) is 3.46. The molecule has 1 fully saturated rings. The minimum atomic E-state index is 0. The molecule has 0 amide bonds. The topological polar surface area (TPSA) is 52.6 Å². The number of aromatic nitrogens is 1. The van der Waals surface area contributed by atoms with Crippen LogP contribution in [0.3, 0.4) is 0 Å². The molecule has 0 radical (unpaired) electrons. The standard InChI is InChI=1S/C21H29N5.HI/c1-16-8-7-12-23-20(16)14-24-21(22-3)25-19-11-13-26(15-19)17(2)18-9-5-4-6-10-18;/h4-10,12,17,19H,11,13-15H2,1-3H3,(H2,22,24,25);1H. The van der Waals surface area contributed by atoms with Crippen molar-refractivity contribution in [1.82, 2.24) is 20.5 Å². The highest BCUT2D eigenvalue weighted by molar-refractivity contribution is 14.0. The summed E-state index contributed by atoms with van der Waals surface area (Å²) in [6.45, 7) is 7.18. The summed E-state index contributed by atoms with van der Waals surface area (Å²) in [5.41, 5.74) is 3.63. The Kier molecular flexibility index (Phi) is 8.50. The number of aryl methyl sites for hydroxylation is 1. The number of nitrogens with one attached hydrogen (secondary N) is 2. The van der Waals surface area contributed by atoms with Crippen LogP contribution in [0.2, 0.25) is 0 Å². The fraction of sp³-hybridized carbons (Fsp3) is 0.429. The number of nitrogens with zero attached hydrogens (tertiary/aromatic N) is 3. The van der Waals surface area contributed by atoms with Gasteiger partial charge >= 0.3 is 0 Å². The van der Waals surface area contributed by atoms with Crippen LogP contribution in [0, 0.1) is 6.92 Å². The first-order valence-corrected chi connectivity index (χ1v) is 9.34. The first-order chi connectivity index (χ1) is 12.7. The van der Waals surface area contributed by atoms with E-state index in [0.29, 0.717) is 18.6 Å². The Morgan fingerprint density at radius 3 is 2.74 bits per heavy atom. The first kappa shape index (κ1) is 21.6. The van der Waals surface area contributed by atoms with E-state index in [2.05, 4.69) is 75.8 Å². The van der Waals surface area contributed by atoms with Crippen LogP contribution >= 0.6 is 24.0 Å². The van der Waals surface area contributed by atoms with E-state index in [9.17, 15) is 0 Å². The van der Waals surface area contributed by atoms with Gasteiger partial charge in [0.1, 0.15) is 0 Å². The highest BCUT2D eigenvalue weighted by Crippen LogP contribution is 2.24. The van der Waals surface area contributed by atoms with Crippen molar-refractivity contribution in [2.45, 2.75) is 38.9 Å². The van der Waals surface area contributed by atoms with Gasteiger partial charge in [-0.05, 0) is 37.5 Å². The van der Waals surface area contributed by atoms with Gasteiger partial charge in [-0.3, -0.25) is 14.9 Å². The maximum Gasteiger partial charge on any atom is 0.191 e. The van der Waals surface area contributed by atoms with E-state index < -0.39 is 0 Å². The van der Waals surface area contributed by atoms with Crippen molar-refractivity contribution in [3.05, 3.63) is 65.5 Å². The molecule has 2 atom stereocenters. The minimum Gasteiger partial charge on any atom is -0.352 e. The average Bonchev–Trinajstić information content (AvgIpc) is 3.15. The molecule has 0 aliphatic carbocycles. The molecule has 2 heterocycles. The monoisotopic (exact) mass is 479 g/mol. The van der Waals surface area contributed by atoms with Crippen molar-refractivity contribution in [2.75, 3.05) is 20.1 Å². The van der Waals surface area contributed by atoms with Gasteiger partial charge in [0.15, 0.2) is 5.96 Å². The second kappa shape index (κ2) is 10.6. The summed E-state index contributed by atoms with van der Waals surface area (Å²) in [4.78, 5) is 11.3. The Bertz CT molecular complexity index is 734. The zero-order valence-electron chi connectivity index (χ0n) is 16.4. The summed E-state index contributed by atoms with van der Waals surface area (Å²) in [5.74, 6) is 0.842. The van der Waals surface area contributed by atoms with Crippen molar-refractivity contribution in [3.63, 3.8) is 0 Å². The van der Waals surface area contributed by atoms with E-state index in [1.807, 2.05) is 19.3 Å². The van der Waals surface area contributed by atoms with E-state index in [1.165, 1.54) is 11.1 Å². The molecule has 2 unspecified atom stereocenters. The molecule has 1 aliphatic heterocycles. The molecule has 27 heavy (non-hydrogen) atoms. The summed E-state index contributed by atoms with van der Waals surface area (Å²) >= 11 is 0. The van der Waals surface area contributed by atoms with Gasteiger partial charge in [-0.25, -0.2) is 0 Å². The second-order valence-electron chi connectivity index (χ2n) is 6.90. The maximum atomic E-state index is 4.43. The van der Waals surface area contributed by atoms with E-state index in [-0.39, 0.29) is 24.0 Å². The van der Waals surface area contributed by atoms with Crippen LogP contribution in [-0.4, -0.2) is 42.0 Å². The van der Waals surface area contributed by atoms with Crippen LogP contribution in [-0.2, 0) is 6.54 Å². The van der Waals surface area contributed by atoms with E-state index in [0.717, 1.165) is 31.2 Å². The predicted octanol–water partition coefficient (Wildman–Crippen LogP) is 3.51. The van der Waals surface area contributed by atoms with Gasteiger partial charge in [-0.15, -0.1) is 24.0 Å². The van der Waals surface area contributed by atoms with Crippen LogP contribution in [0.4, 0.5) is 0 Å². The van der Waals surface area contributed by atoms with Crippen molar-refractivity contribution < 1.29 is 0 Å². The first-order valence-electron chi connectivity index (χ1n) is 9.34. The molecule has 5 nitrogen and oxygen atoms in total. The molecule has 0 spiro atoms. The minimum absolute atomic E-state index is 0. The van der Waals surface area contributed by atoms with Crippen molar-refractivity contribution >= 4 is 29.9 Å². The molecule has 146 valence electrons. The van der Waals surface area contributed by atoms with Crippen molar-refractivity contribution in [2.24, 2.45) is 4.99 Å². The van der Waals surface area contributed by atoms with Crippen LogP contribution in [0.15, 0.2) is 53.7 Å². The molecule has 2 aromatic rings. The van der Waals surface area contributed by atoms with Gasteiger partial charge in [0.25, 0.3) is 0 Å². The largest absolute Gasteiger partial charge is 0.352 e. The molecule has 0 saturated carbocycles. The SMILES string of the molecule is CN=C(NCc1ncccc1C)NC1CCN(C(C)c2ccccc2)C1.I. The molecule has 1 aromatic heterocycles. The van der Waals surface area contributed by atoms with Gasteiger partial charge < -0.3 is 10.6 Å². The molecule has 1 aliphatic rings. The van der Waals surface area contributed by atoms with Gasteiger partial charge in [-0.2, -0.15) is 0 Å². The molecule has 1 saturated heterocycles. The lowest BCUT2D eigenvalue weighted by molar-refractivity contribution is 0.258. The quantitative estimate of drug-likeness (QED) is 0.392. The zero-order chi connectivity index (χ0) is 18.4. The average molecular weight is 479 g/mol. The molecule has 0 bridgehead atoms. The Hall–Kier alpha value is -1.67. The molecular formula is C21H30IN5. The highest BCUT2D eigenvalue weighted by Gasteiger charge is 2.27. The van der Waals surface area contributed by atoms with E-state index in [1.54, 1.807) is 0 Å². The molecule has 2 N–H and O–H groups in total. The Balaban J connectivity index is 0.00000261. The summed E-state index contributed by atoms with van der Waals surface area (Å²) in [7, 11) is 1.82. The van der Waals surface area contributed by atoms with Gasteiger partial charge in [0, 0.05) is 38.4 Å². The normalized spacial score (nSPS) is 18.6. The van der Waals surface area contributed by atoms with Crippen molar-refractivity contribution in [1.29, 1.82) is 0 Å². The van der Waals surface area contributed by atoms with Crippen LogP contribution in [0.5, 0.6) is 0 Å². The predicted molar refractivity (Wildman–Crippen MR) is 123 cm³/mol. The second-order valence-corrected chi connectivity index (χ2v) is 6.90. The number of benzene rings is 1. The smallest absolute Gasteiger partial charge is 0.191 e. The third-order valence-electron chi connectivity index (χ3n) is 5.15. The lowest BCUT2D eigenvalue weighted by Gasteiger charge is -2.25. The van der Waals surface area contributed by atoms with Crippen LogP contribution in [0.1, 0.15) is 36.2 Å². The number of aliphatic imine (C=N–C) groups is 1. The summed E-state index contributed by atoms with van der Waals surface area (Å²) < 4.78 is 0. The lowest BCUT2D eigenvalue weighted by Crippen LogP contribution is -2.44. The summed E-state index contributed by atoms with van der Waals surface area (Å²) in [5, 5.41) is 6.95. The lowest BCUT2D eigenvalue weighted by atomic mass is 10.1. The number of pyridine rings is 1. The number of hydrogen-bond acceptors (Lipinski definition) is 3. The number of likely N-dealkylation sites (tertiary alicyclic amines) is 1. The fourth-order valence-corrected chi connectivity index (χ4v) is 3.46. The number of halogens is 1. The van der Waals surface area contributed by atoms with Gasteiger partial charge in [0.2, 0.25) is 0 Å². The van der Waals surface area contributed by atoms with Crippen LogP contribution in [0.25, 0.3) is 0 Å². The third kappa shape index (κ3) is 5.90. The van der Waals surface area contributed by atoms with Crippen molar-refractivity contribution in [3.8, 4) is 0 Å². The molecule has 3 rings (SSSR count). The molecule has 1 aromatic carbocycles. The Labute approximate surface area is 179 Å². The number of rotatable bonds is 5. The van der Waals surface area contributed by atoms with E-state index >= 15 is 0 Å². The molecular weight excluding hydrogens is 449 g/mol. The summed E-state index contributed by atoms with van der Waals surface area (Å²) in [6.07, 6.45) is 2.96. The maximum absolute atomic E-state index is 4.43. The highest BCUT2D eigenvalue weighted by atomic mass is 127. The zero-order valence-corrected chi connectivity index (χ0v) is 18.7. The number of hydrogen-bond donors (Lipinski definition) is 2. The van der Waals surface area contributed by atoms with E-state index in [4.69, 9.17) is 0 Å².